The molecule has 2 nitrogen and oxygen atoms in total. The van der Waals surface area contributed by atoms with Crippen molar-refractivity contribution in [1.29, 1.82) is 0 Å². The Kier molecular flexibility index (Phi) is 2.80. The second kappa shape index (κ2) is 4.44. The van der Waals surface area contributed by atoms with Gasteiger partial charge in [0.05, 0.1) is 0 Å². The maximum Gasteiger partial charge on any atom is 0.120 e. The van der Waals surface area contributed by atoms with Crippen LogP contribution in [0.2, 0.25) is 0 Å². The van der Waals surface area contributed by atoms with Gasteiger partial charge in [-0.15, -0.1) is 11.3 Å². The van der Waals surface area contributed by atoms with Crippen molar-refractivity contribution in [3.8, 4) is 5.75 Å². The molecule has 0 saturated carbocycles. The second-order valence-electron chi connectivity index (χ2n) is 4.21. The summed E-state index contributed by atoms with van der Waals surface area (Å²) in [5.74, 6) is 1.000. The van der Waals surface area contributed by atoms with Crippen LogP contribution in [0.1, 0.15) is 12.8 Å². The predicted octanol–water partition coefficient (Wildman–Crippen LogP) is 3.03. The summed E-state index contributed by atoms with van der Waals surface area (Å²) in [5.41, 5.74) is 0. The third kappa shape index (κ3) is 2.06. The highest BCUT2D eigenvalue weighted by molar-refractivity contribution is 7.17. The van der Waals surface area contributed by atoms with Gasteiger partial charge >= 0.3 is 0 Å². The number of fused-ring (bicyclic) bond motifs is 1. The summed E-state index contributed by atoms with van der Waals surface area (Å²) in [5, 5.41) is 6.77. The zero-order valence-corrected chi connectivity index (χ0v) is 9.93. The Balaban J connectivity index is 1.77. The minimum Gasteiger partial charge on any atom is -0.489 e. The van der Waals surface area contributed by atoms with E-state index in [-0.39, 0.29) is 0 Å². The lowest BCUT2D eigenvalue weighted by Gasteiger charge is -2.23. The maximum absolute atomic E-state index is 5.97. The summed E-state index contributed by atoms with van der Waals surface area (Å²) in [6, 6.07) is 8.51. The predicted molar refractivity (Wildman–Crippen MR) is 68.3 cm³/mol. The van der Waals surface area contributed by atoms with Crippen LogP contribution in [0.3, 0.4) is 0 Å². The largest absolute Gasteiger partial charge is 0.489 e. The van der Waals surface area contributed by atoms with Crippen LogP contribution in [0.4, 0.5) is 0 Å². The van der Waals surface area contributed by atoms with E-state index in [1.165, 1.54) is 16.5 Å². The van der Waals surface area contributed by atoms with E-state index >= 15 is 0 Å². The second-order valence-corrected chi connectivity index (χ2v) is 5.15. The number of rotatable bonds is 2. The maximum atomic E-state index is 5.97. The van der Waals surface area contributed by atoms with Gasteiger partial charge in [-0.05, 0) is 54.4 Å². The summed E-state index contributed by atoms with van der Waals surface area (Å²) >= 11 is 1.77. The molecule has 1 N–H and O–H groups in total. The summed E-state index contributed by atoms with van der Waals surface area (Å²) < 4.78 is 7.30. The lowest BCUT2D eigenvalue weighted by atomic mass is 10.1. The third-order valence-corrected chi connectivity index (χ3v) is 3.88. The van der Waals surface area contributed by atoms with E-state index in [1.807, 2.05) is 0 Å². The minimum absolute atomic E-state index is 0.338. The van der Waals surface area contributed by atoms with E-state index < -0.39 is 0 Å². The molecule has 0 aliphatic carbocycles. The van der Waals surface area contributed by atoms with Gasteiger partial charge in [-0.25, -0.2) is 0 Å². The van der Waals surface area contributed by atoms with Gasteiger partial charge in [0, 0.05) is 11.2 Å². The van der Waals surface area contributed by atoms with Crippen LogP contribution in [0, 0.1) is 0 Å². The van der Waals surface area contributed by atoms with Gasteiger partial charge in [0.1, 0.15) is 11.9 Å². The normalized spacial score (nSPS) is 21.1. The highest BCUT2D eigenvalue weighted by Gasteiger charge is 2.14. The fourth-order valence-electron chi connectivity index (χ4n) is 2.13. The molecular weight excluding hydrogens is 218 g/mol. The molecule has 1 fully saturated rings. The van der Waals surface area contributed by atoms with Crippen molar-refractivity contribution in [3.05, 3.63) is 29.6 Å². The molecule has 2 heterocycles. The number of thiophene rings is 1. The van der Waals surface area contributed by atoms with E-state index in [2.05, 4.69) is 35.0 Å². The smallest absolute Gasteiger partial charge is 0.120 e. The van der Waals surface area contributed by atoms with Gasteiger partial charge in [0.25, 0.3) is 0 Å². The van der Waals surface area contributed by atoms with Crippen LogP contribution in [-0.4, -0.2) is 19.2 Å². The Hall–Kier alpha value is -1.06. The Morgan fingerprint density at radius 1 is 1.31 bits per heavy atom. The molecule has 0 radical (unpaired) electrons. The van der Waals surface area contributed by atoms with Crippen molar-refractivity contribution in [1.82, 2.24) is 5.32 Å². The van der Waals surface area contributed by atoms with Gasteiger partial charge in [0.2, 0.25) is 0 Å². The van der Waals surface area contributed by atoms with E-state index in [0.29, 0.717) is 6.10 Å². The van der Waals surface area contributed by atoms with Crippen LogP contribution in [0.5, 0.6) is 5.75 Å². The van der Waals surface area contributed by atoms with Crippen LogP contribution >= 0.6 is 11.3 Å². The Morgan fingerprint density at radius 2 is 2.31 bits per heavy atom. The van der Waals surface area contributed by atoms with E-state index in [9.17, 15) is 0 Å². The van der Waals surface area contributed by atoms with Gasteiger partial charge < -0.3 is 10.1 Å². The molecule has 1 aromatic heterocycles. The average molecular weight is 233 g/mol. The number of benzene rings is 1. The lowest BCUT2D eigenvalue weighted by molar-refractivity contribution is 0.167. The summed E-state index contributed by atoms with van der Waals surface area (Å²) in [6.07, 6.45) is 2.71. The lowest BCUT2D eigenvalue weighted by Crippen LogP contribution is -2.37. The first-order valence-corrected chi connectivity index (χ1v) is 6.64. The van der Waals surface area contributed by atoms with Crippen molar-refractivity contribution in [2.45, 2.75) is 18.9 Å². The van der Waals surface area contributed by atoms with Crippen molar-refractivity contribution in [2.75, 3.05) is 13.1 Å². The standard InChI is InChI=1S/C13H15NOS/c1-2-12(9-14-6-1)15-11-3-4-13-10(8-11)5-7-16-13/h3-5,7-8,12,14H,1-2,6,9H2. The molecule has 84 valence electrons. The number of hydrogen-bond donors (Lipinski definition) is 1. The molecular formula is C13H15NOS. The Labute approximate surface area is 99.2 Å². The van der Waals surface area contributed by atoms with Crippen LogP contribution in [-0.2, 0) is 0 Å². The summed E-state index contributed by atoms with van der Waals surface area (Å²) in [7, 11) is 0. The average Bonchev–Trinajstić information content (AvgIpc) is 2.77. The van der Waals surface area contributed by atoms with Crippen molar-refractivity contribution in [3.63, 3.8) is 0 Å². The zero-order valence-electron chi connectivity index (χ0n) is 9.11. The number of hydrogen-bond acceptors (Lipinski definition) is 3. The van der Waals surface area contributed by atoms with Crippen LogP contribution in [0.15, 0.2) is 29.6 Å². The topological polar surface area (TPSA) is 21.3 Å². The summed E-state index contributed by atoms with van der Waals surface area (Å²) in [6.45, 7) is 2.10. The van der Waals surface area contributed by atoms with Crippen molar-refractivity contribution in [2.24, 2.45) is 0 Å². The highest BCUT2D eigenvalue weighted by Crippen LogP contribution is 2.26. The first-order valence-electron chi connectivity index (χ1n) is 5.76. The van der Waals surface area contributed by atoms with Crippen LogP contribution < -0.4 is 10.1 Å². The molecule has 16 heavy (non-hydrogen) atoms. The van der Waals surface area contributed by atoms with E-state index in [0.717, 1.165) is 25.3 Å². The molecule has 1 saturated heterocycles. The molecule has 0 spiro atoms. The molecule has 1 aromatic carbocycles. The quantitative estimate of drug-likeness (QED) is 0.861. The molecule has 0 bridgehead atoms. The molecule has 0 amide bonds. The van der Waals surface area contributed by atoms with Gasteiger partial charge in [-0.1, -0.05) is 0 Å². The Morgan fingerprint density at radius 3 is 3.19 bits per heavy atom. The van der Waals surface area contributed by atoms with E-state index in [4.69, 9.17) is 4.74 Å². The van der Waals surface area contributed by atoms with Crippen LogP contribution in [0.25, 0.3) is 10.1 Å². The fraction of sp³-hybridized carbons (Fsp3) is 0.385. The van der Waals surface area contributed by atoms with Crippen molar-refractivity contribution >= 4 is 21.4 Å². The Bertz CT molecular complexity index is 473. The number of nitrogens with one attached hydrogen (secondary N) is 1. The van der Waals surface area contributed by atoms with Crippen molar-refractivity contribution < 1.29 is 4.74 Å². The highest BCUT2D eigenvalue weighted by atomic mass is 32.1. The van der Waals surface area contributed by atoms with E-state index in [1.54, 1.807) is 11.3 Å². The summed E-state index contributed by atoms with van der Waals surface area (Å²) in [4.78, 5) is 0. The molecule has 1 atom stereocenters. The molecule has 1 aliphatic rings. The first-order chi connectivity index (χ1) is 7.92. The molecule has 1 aliphatic heterocycles. The zero-order chi connectivity index (χ0) is 10.8. The number of piperidine rings is 1. The third-order valence-electron chi connectivity index (χ3n) is 2.98. The number of ether oxygens (including phenoxy) is 1. The fourth-order valence-corrected chi connectivity index (χ4v) is 2.90. The molecule has 3 heteroatoms. The van der Waals surface area contributed by atoms with Gasteiger partial charge in [0.15, 0.2) is 0 Å². The SMILES string of the molecule is c1cc2cc(OC3CCCNC3)ccc2s1. The first kappa shape index (κ1) is 10.1. The monoisotopic (exact) mass is 233 g/mol. The van der Waals surface area contributed by atoms with Gasteiger partial charge in [-0.3, -0.25) is 0 Å². The molecule has 3 rings (SSSR count). The molecule has 2 aromatic rings. The molecule has 1 unspecified atom stereocenters. The minimum atomic E-state index is 0.338. The van der Waals surface area contributed by atoms with Gasteiger partial charge in [-0.2, -0.15) is 0 Å².